The van der Waals surface area contributed by atoms with Crippen molar-refractivity contribution in [3.8, 4) is 11.5 Å². The van der Waals surface area contributed by atoms with Gasteiger partial charge in [-0.25, -0.2) is 0 Å². The van der Waals surface area contributed by atoms with Gasteiger partial charge in [0.25, 0.3) is 0 Å². The van der Waals surface area contributed by atoms with E-state index in [9.17, 15) is 5.11 Å². The van der Waals surface area contributed by atoms with Crippen molar-refractivity contribution in [1.82, 2.24) is 0 Å². The van der Waals surface area contributed by atoms with Gasteiger partial charge in [-0.1, -0.05) is 0 Å². The molecule has 82 valence electrons. The topological polar surface area (TPSA) is 38.7 Å². The minimum atomic E-state index is -0.449. The van der Waals surface area contributed by atoms with Crippen LogP contribution in [0.4, 0.5) is 0 Å². The number of rotatable bonds is 1. The first-order chi connectivity index (χ1) is 7.02. The van der Waals surface area contributed by atoms with Crippen LogP contribution in [0.25, 0.3) is 0 Å². The maximum absolute atomic E-state index is 9.94. The van der Waals surface area contributed by atoms with E-state index in [0.717, 1.165) is 17.1 Å². The number of benzene rings is 1. The quantitative estimate of drug-likeness (QED) is 0.769. The third kappa shape index (κ3) is 1.92. The van der Waals surface area contributed by atoms with Gasteiger partial charge in [0, 0.05) is 18.1 Å². The summed E-state index contributed by atoms with van der Waals surface area (Å²) >= 11 is 0. The Labute approximate surface area is 89.6 Å². The lowest BCUT2D eigenvalue weighted by atomic mass is 9.92. The third-order valence-corrected chi connectivity index (χ3v) is 2.65. The minimum Gasteiger partial charge on any atom is -0.497 e. The van der Waals surface area contributed by atoms with Crippen LogP contribution in [0.5, 0.6) is 11.5 Å². The van der Waals surface area contributed by atoms with Crippen molar-refractivity contribution in [2.45, 2.75) is 32.0 Å². The van der Waals surface area contributed by atoms with Gasteiger partial charge in [0.2, 0.25) is 0 Å². The molecule has 1 N–H and O–H groups in total. The van der Waals surface area contributed by atoms with E-state index >= 15 is 0 Å². The van der Waals surface area contributed by atoms with Crippen LogP contribution in [0.3, 0.4) is 0 Å². The first kappa shape index (κ1) is 10.3. The normalized spacial score (nSPS) is 22.8. The maximum Gasteiger partial charge on any atom is 0.129 e. The van der Waals surface area contributed by atoms with Crippen LogP contribution in [0.15, 0.2) is 18.2 Å². The molecule has 0 aliphatic carbocycles. The fourth-order valence-electron chi connectivity index (χ4n) is 1.92. The molecule has 15 heavy (non-hydrogen) atoms. The molecule has 0 saturated carbocycles. The van der Waals surface area contributed by atoms with Gasteiger partial charge < -0.3 is 14.6 Å². The van der Waals surface area contributed by atoms with Crippen LogP contribution in [0.2, 0.25) is 0 Å². The van der Waals surface area contributed by atoms with E-state index in [0.29, 0.717) is 6.42 Å². The summed E-state index contributed by atoms with van der Waals surface area (Å²) in [5, 5.41) is 9.94. The zero-order valence-corrected chi connectivity index (χ0v) is 9.28. The van der Waals surface area contributed by atoms with Crippen LogP contribution < -0.4 is 9.47 Å². The molecule has 1 aromatic rings. The molecule has 0 fully saturated rings. The summed E-state index contributed by atoms with van der Waals surface area (Å²) in [5.41, 5.74) is 0.522. The number of methoxy groups -OCH3 is 1. The molecule has 1 atom stereocenters. The molecule has 0 unspecified atom stereocenters. The summed E-state index contributed by atoms with van der Waals surface area (Å²) < 4.78 is 10.9. The number of hydrogen-bond donors (Lipinski definition) is 1. The average Bonchev–Trinajstić information content (AvgIpc) is 2.14. The number of aliphatic hydroxyl groups excluding tert-OH is 1. The Kier molecular flexibility index (Phi) is 2.35. The van der Waals surface area contributed by atoms with E-state index < -0.39 is 6.10 Å². The Balaban J connectivity index is 2.42. The van der Waals surface area contributed by atoms with Crippen molar-refractivity contribution in [3.05, 3.63) is 23.8 Å². The molecule has 0 aromatic heterocycles. The summed E-state index contributed by atoms with van der Waals surface area (Å²) in [6.07, 6.45) is 0.168. The predicted octanol–water partition coefficient (Wildman–Crippen LogP) is 2.29. The first-order valence-corrected chi connectivity index (χ1v) is 5.07. The van der Waals surface area contributed by atoms with E-state index in [1.165, 1.54) is 0 Å². The minimum absolute atomic E-state index is 0.321. The van der Waals surface area contributed by atoms with Gasteiger partial charge in [-0.15, -0.1) is 0 Å². The zero-order valence-electron chi connectivity index (χ0n) is 9.28. The van der Waals surface area contributed by atoms with Crippen LogP contribution in [-0.2, 0) is 0 Å². The molecule has 0 radical (unpaired) electrons. The highest BCUT2D eigenvalue weighted by molar-refractivity contribution is 5.43. The smallest absolute Gasteiger partial charge is 0.129 e. The Morgan fingerprint density at radius 1 is 1.47 bits per heavy atom. The molecule has 1 aliphatic rings. The van der Waals surface area contributed by atoms with Crippen molar-refractivity contribution < 1.29 is 14.6 Å². The third-order valence-electron chi connectivity index (χ3n) is 2.65. The molecular formula is C12H16O3. The summed E-state index contributed by atoms with van der Waals surface area (Å²) in [6, 6.07) is 5.51. The fraction of sp³-hybridized carbons (Fsp3) is 0.500. The van der Waals surface area contributed by atoms with Gasteiger partial charge in [0.15, 0.2) is 0 Å². The molecular weight excluding hydrogens is 192 g/mol. The van der Waals surface area contributed by atoms with Crippen molar-refractivity contribution in [1.29, 1.82) is 0 Å². The second-order valence-electron chi connectivity index (χ2n) is 4.49. The number of hydrogen-bond acceptors (Lipinski definition) is 3. The number of ether oxygens (including phenoxy) is 2. The molecule has 3 heteroatoms. The van der Waals surface area contributed by atoms with Gasteiger partial charge in [-0.2, -0.15) is 0 Å². The zero-order chi connectivity index (χ0) is 11.1. The Bertz CT molecular complexity index is 371. The second-order valence-corrected chi connectivity index (χ2v) is 4.49. The highest BCUT2D eigenvalue weighted by atomic mass is 16.5. The van der Waals surface area contributed by atoms with Gasteiger partial charge in [-0.3, -0.25) is 0 Å². The van der Waals surface area contributed by atoms with Crippen LogP contribution >= 0.6 is 0 Å². The van der Waals surface area contributed by atoms with Gasteiger partial charge in [0.1, 0.15) is 17.1 Å². The highest BCUT2D eigenvalue weighted by Crippen LogP contribution is 2.40. The summed E-state index contributed by atoms with van der Waals surface area (Å²) in [5.74, 6) is 1.47. The maximum atomic E-state index is 9.94. The lowest BCUT2D eigenvalue weighted by Crippen LogP contribution is -2.34. The van der Waals surface area contributed by atoms with Gasteiger partial charge in [-0.05, 0) is 26.0 Å². The standard InChI is InChI=1S/C12H16O3/c1-12(2)7-10(13)9-5-4-8(14-3)6-11(9)15-12/h4-6,10,13H,7H2,1-3H3/t10-/m0/s1. The van der Waals surface area contributed by atoms with Crippen molar-refractivity contribution in [2.24, 2.45) is 0 Å². The van der Waals surface area contributed by atoms with Crippen molar-refractivity contribution in [2.75, 3.05) is 7.11 Å². The summed E-state index contributed by atoms with van der Waals surface area (Å²) in [6.45, 7) is 3.94. The largest absolute Gasteiger partial charge is 0.497 e. The van der Waals surface area contributed by atoms with Crippen LogP contribution in [0.1, 0.15) is 31.9 Å². The molecule has 1 heterocycles. The Morgan fingerprint density at radius 2 is 2.20 bits per heavy atom. The van der Waals surface area contributed by atoms with E-state index in [1.54, 1.807) is 7.11 Å². The van der Waals surface area contributed by atoms with Crippen molar-refractivity contribution in [3.63, 3.8) is 0 Å². The van der Waals surface area contributed by atoms with Gasteiger partial charge >= 0.3 is 0 Å². The molecule has 3 nitrogen and oxygen atoms in total. The van der Waals surface area contributed by atoms with E-state index in [2.05, 4.69) is 0 Å². The molecule has 1 aromatic carbocycles. The lowest BCUT2D eigenvalue weighted by molar-refractivity contribution is 0.0113. The molecule has 0 spiro atoms. The molecule has 0 saturated heterocycles. The van der Waals surface area contributed by atoms with Crippen molar-refractivity contribution >= 4 is 0 Å². The van der Waals surface area contributed by atoms with Crippen LogP contribution in [-0.4, -0.2) is 17.8 Å². The number of fused-ring (bicyclic) bond motifs is 1. The van der Waals surface area contributed by atoms with Crippen LogP contribution in [0, 0.1) is 0 Å². The highest BCUT2D eigenvalue weighted by Gasteiger charge is 2.32. The average molecular weight is 208 g/mol. The second kappa shape index (κ2) is 3.42. The first-order valence-electron chi connectivity index (χ1n) is 5.07. The Hall–Kier alpha value is -1.22. The predicted molar refractivity (Wildman–Crippen MR) is 57.3 cm³/mol. The van der Waals surface area contributed by atoms with E-state index in [1.807, 2.05) is 32.0 Å². The molecule has 0 bridgehead atoms. The SMILES string of the molecule is COc1ccc2c(c1)OC(C)(C)C[C@@H]2O. The van der Waals surface area contributed by atoms with E-state index in [-0.39, 0.29) is 5.60 Å². The summed E-state index contributed by atoms with van der Waals surface area (Å²) in [4.78, 5) is 0. The lowest BCUT2D eigenvalue weighted by Gasteiger charge is -2.35. The summed E-state index contributed by atoms with van der Waals surface area (Å²) in [7, 11) is 1.62. The number of aliphatic hydroxyl groups is 1. The fourth-order valence-corrected chi connectivity index (χ4v) is 1.92. The molecule has 1 aliphatic heterocycles. The molecule has 0 amide bonds. The van der Waals surface area contributed by atoms with E-state index in [4.69, 9.17) is 9.47 Å². The molecule has 2 rings (SSSR count). The Morgan fingerprint density at radius 3 is 2.87 bits per heavy atom. The monoisotopic (exact) mass is 208 g/mol. The van der Waals surface area contributed by atoms with Gasteiger partial charge in [0.05, 0.1) is 13.2 Å².